The number of hydrogen-bond donors (Lipinski definition) is 4. The molecule has 5 N–H and O–H groups in total. The smallest absolute Gasteiger partial charge is 0.317 e. The van der Waals surface area contributed by atoms with Gasteiger partial charge in [0.15, 0.2) is 0 Å². The quantitative estimate of drug-likeness (QED) is 0.412. The Kier molecular flexibility index (Phi) is 7.89. The van der Waals surface area contributed by atoms with E-state index >= 15 is 0 Å². The summed E-state index contributed by atoms with van der Waals surface area (Å²) in [6.45, 7) is 5.85. The average Bonchev–Trinajstić information content (AvgIpc) is 2.83. The zero-order valence-electron chi connectivity index (χ0n) is 21.3. The van der Waals surface area contributed by atoms with Crippen LogP contribution < -0.4 is 26.4 Å². The van der Waals surface area contributed by atoms with Gasteiger partial charge in [0.05, 0.1) is 7.11 Å². The van der Waals surface area contributed by atoms with Crippen LogP contribution in [0.3, 0.4) is 0 Å². The largest absolute Gasteiger partial charge is 0.494 e. The summed E-state index contributed by atoms with van der Waals surface area (Å²) in [5.74, 6) is 2.28. The molecule has 0 radical (unpaired) electrons. The van der Waals surface area contributed by atoms with Gasteiger partial charge < -0.3 is 36.2 Å². The minimum atomic E-state index is -0.0370. The molecule has 1 saturated heterocycles. The van der Waals surface area contributed by atoms with Crippen molar-refractivity contribution in [2.45, 2.75) is 13.3 Å². The van der Waals surface area contributed by atoms with Crippen molar-refractivity contribution in [3.8, 4) is 5.75 Å². The number of urea groups is 1. The van der Waals surface area contributed by atoms with Crippen molar-refractivity contribution >= 4 is 35.4 Å². The summed E-state index contributed by atoms with van der Waals surface area (Å²) in [6, 6.07) is 7.54. The first kappa shape index (κ1) is 25.2. The lowest BCUT2D eigenvalue weighted by Crippen LogP contribution is -2.54. The van der Waals surface area contributed by atoms with Crippen LogP contribution in [0.15, 0.2) is 40.5 Å². The second-order valence-electron chi connectivity index (χ2n) is 9.23. The monoisotopic (exact) mass is 493 g/mol. The number of carbonyl (C=O) groups excluding carboxylic acids is 1. The number of nitrogens with two attached hydrogens (primary N) is 1. The predicted octanol–water partition coefficient (Wildman–Crippen LogP) is 2.47. The Balaban J connectivity index is 1.43. The summed E-state index contributed by atoms with van der Waals surface area (Å²) in [6.07, 6.45) is 2.66. The number of hydrogen-bond acceptors (Lipinski definition) is 9. The Bertz CT molecular complexity index is 1160. The van der Waals surface area contributed by atoms with Gasteiger partial charge in [0.1, 0.15) is 17.3 Å². The van der Waals surface area contributed by atoms with Gasteiger partial charge in [0.25, 0.3) is 0 Å². The third-order valence-electron chi connectivity index (χ3n) is 6.29. The number of aromatic nitrogens is 2. The number of ether oxygens (including phenoxy) is 1. The molecule has 0 spiro atoms. The fourth-order valence-electron chi connectivity index (χ4n) is 4.20. The van der Waals surface area contributed by atoms with Crippen LogP contribution in [0.1, 0.15) is 12.1 Å². The van der Waals surface area contributed by atoms with Crippen molar-refractivity contribution in [3.63, 3.8) is 0 Å². The molecule has 0 aliphatic carbocycles. The number of likely N-dealkylation sites (N-methyl/N-ethyl adjacent to an activating group) is 1. The van der Waals surface area contributed by atoms with Crippen molar-refractivity contribution in [3.05, 3.63) is 41.2 Å². The van der Waals surface area contributed by atoms with E-state index in [9.17, 15) is 4.79 Å². The van der Waals surface area contributed by atoms with Crippen LogP contribution in [-0.2, 0) is 0 Å². The number of aliphatic imine (C=N–C) groups is 1. The normalized spacial score (nSPS) is 16.7. The highest BCUT2D eigenvalue weighted by Crippen LogP contribution is 2.32. The molecular weight excluding hydrogens is 458 g/mol. The number of methoxy groups -OCH3 is 1. The van der Waals surface area contributed by atoms with Gasteiger partial charge in [0.2, 0.25) is 5.95 Å². The maximum atomic E-state index is 11.6. The number of anilines is 3. The van der Waals surface area contributed by atoms with Crippen molar-refractivity contribution in [2.75, 3.05) is 64.6 Å². The standard InChI is InChI=1S/C25H35N9O2/c1-16-9-23(29-11-17-13-34(14-17)25(35)27-2)32-24(30-16)31-19-5-6-22(36-4)21(10-19)28-12-18-15-33(3)8-7-20(18)26/h5-6,9-10,12,17H,7-8,11,13-15,26H2,1-4H3,(H,27,35)(H2,29,30,31,32). The van der Waals surface area contributed by atoms with E-state index in [0.717, 1.165) is 67.6 Å². The molecule has 11 heteroatoms. The van der Waals surface area contributed by atoms with E-state index in [2.05, 4.69) is 42.9 Å². The van der Waals surface area contributed by atoms with E-state index in [1.807, 2.05) is 37.4 Å². The van der Waals surface area contributed by atoms with Crippen LogP contribution in [-0.4, -0.2) is 85.9 Å². The molecule has 4 rings (SSSR count). The SMILES string of the molecule is CNC(=O)N1CC(CNc2cc(C)nc(Nc3ccc(OC)c(N=CC4=C(N)CCN(C)C4)c3)n2)C1. The zero-order chi connectivity index (χ0) is 25.7. The van der Waals surface area contributed by atoms with E-state index in [1.54, 1.807) is 19.1 Å². The summed E-state index contributed by atoms with van der Waals surface area (Å²) < 4.78 is 5.51. The van der Waals surface area contributed by atoms with Crippen molar-refractivity contribution in [2.24, 2.45) is 16.6 Å². The number of carbonyl (C=O) groups is 1. The summed E-state index contributed by atoms with van der Waals surface area (Å²) >= 11 is 0. The van der Waals surface area contributed by atoms with E-state index in [-0.39, 0.29) is 6.03 Å². The molecule has 3 heterocycles. The number of rotatable bonds is 8. The second kappa shape index (κ2) is 11.3. The molecule has 1 aromatic heterocycles. The molecule has 11 nitrogen and oxygen atoms in total. The van der Waals surface area contributed by atoms with Crippen LogP contribution in [0.4, 0.5) is 27.9 Å². The Hall–Kier alpha value is -3.86. The van der Waals surface area contributed by atoms with Gasteiger partial charge in [-0.2, -0.15) is 4.98 Å². The highest BCUT2D eigenvalue weighted by Gasteiger charge is 2.29. The lowest BCUT2D eigenvalue weighted by atomic mass is 10.0. The molecular formula is C25H35N9O2. The van der Waals surface area contributed by atoms with Gasteiger partial charge >= 0.3 is 6.03 Å². The molecule has 2 aliphatic rings. The molecule has 36 heavy (non-hydrogen) atoms. The zero-order valence-corrected chi connectivity index (χ0v) is 21.3. The Morgan fingerprint density at radius 2 is 2.11 bits per heavy atom. The number of nitrogens with zero attached hydrogens (tertiary/aromatic N) is 5. The molecule has 2 aromatic rings. The van der Waals surface area contributed by atoms with Crippen molar-refractivity contribution in [1.82, 2.24) is 25.1 Å². The van der Waals surface area contributed by atoms with Crippen LogP contribution in [0.2, 0.25) is 0 Å². The maximum absolute atomic E-state index is 11.6. The van der Waals surface area contributed by atoms with Crippen LogP contribution >= 0.6 is 0 Å². The van der Waals surface area contributed by atoms with Crippen LogP contribution in [0.25, 0.3) is 0 Å². The molecule has 0 saturated carbocycles. The minimum absolute atomic E-state index is 0.0370. The summed E-state index contributed by atoms with van der Waals surface area (Å²) in [5.41, 5.74) is 10.4. The van der Waals surface area contributed by atoms with Gasteiger partial charge in [-0.1, -0.05) is 0 Å². The highest BCUT2D eigenvalue weighted by atomic mass is 16.5. The lowest BCUT2D eigenvalue weighted by molar-refractivity contribution is 0.128. The van der Waals surface area contributed by atoms with Gasteiger partial charge in [-0.05, 0) is 32.2 Å². The fourth-order valence-corrected chi connectivity index (χ4v) is 4.20. The molecule has 192 valence electrons. The lowest BCUT2D eigenvalue weighted by Gasteiger charge is -2.38. The van der Waals surface area contributed by atoms with Gasteiger partial charge in [-0.15, -0.1) is 0 Å². The van der Waals surface area contributed by atoms with Gasteiger partial charge in [0, 0.05) is 87.0 Å². The first-order chi connectivity index (χ1) is 17.3. The minimum Gasteiger partial charge on any atom is -0.494 e. The number of nitrogens with one attached hydrogen (secondary N) is 3. The molecule has 0 bridgehead atoms. The van der Waals surface area contributed by atoms with Crippen LogP contribution in [0.5, 0.6) is 5.75 Å². The van der Waals surface area contributed by atoms with E-state index in [1.165, 1.54) is 0 Å². The van der Waals surface area contributed by atoms with E-state index in [4.69, 9.17) is 10.5 Å². The third kappa shape index (κ3) is 6.22. The molecule has 2 aliphatic heterocycles. The number of aryl methyl sites for hydroxylation is 1. The topological polar surface area (TPSA) is 133 Å². The highest BCUT2D eigenvalue weighted by molar-refractivity contribution is 5.84. The van der Waals surface area contributed by atoms with Gasteiger partial charge in [-0.3, -0.25) is 4.99 Å². The van der Waals surface area contributed by atoms with E-state index in [0.29, 0.717) is 23.3 Å². The third-order valence-corrected chi connectivity index (χ3v) is 6.29. The average molecular weight is 494 g/mol. The summed E-state index contributed by atoms with van der Waals surface area (Å²) in [4.78, 5) is 29.4. The summed E-state index contributed by atoms with van der Waals surface area (Å²) in [7, 11) is 5.34. The summed E-state index contributed by atoms with van der Waals surface area (Å²) in [5, 5.41) is 9.30. The Morgan fingerprint density at radius 1 is 1.31 bits per heavy atom. The van der Waals surface area contributed by atoms with Crippen molar-refractivity contribution in [1.29, 1.82) is 0 Å². The first-order valence-corrected chi connectivity index (χ1v) is 12.1. The van der Waals surface area contributed by atoms with Crippen LogP contribution in [0, 0.1) is 12.8 Å². The molecule has 2 amide bonds. The predicted molar refractivity (Wildman–Crippen MR) is 143 cm³/mol. The Morgan fingerprint density at radius 3 is 2.86 bits per heavy atom. The fraction of sp³-hybridized carbons (Fsp3) is 0.440. The Labute approximate surface area is 211 Å². The number of likely N-dealkylation sites (tertiary alicyclic amines) is 1. The van der Waals surface area contributed by atoms with Crippen molar-refractivity contribution < 1.29 is 9.53 Å². The number of amides is 2. The first-order valence-electron chi connectivity index (χ1n) is 12.1. The number of benzene rings is 1. The maximum Gasteiger partial charge on any atom is 0.317 e. The molecule has 0 unspecified atom stereocenters. The molecule has 1 fully saturated rings. The second-order valence-corrected chi connectivity index (χ2v) is 9.23. The van der Waals surface area contributed by atoms with E-state index < -0.39 is 0 Å². The molecule has 1 aromatic carbocycles. The molecule has 0 atom stereocenters. The van der Waals surface area contributed by atoms with Gasteiger partial charge in [-0.25, -0.2) is 9.78 Å².